The van der Waals surface area contributed by atoms with Crippen LogP contribution in [0.1, 0.15) is 19.7 Å². The van der Waals surface area contributed by atoms with Crippen LogP contribution in [0, 0.1) is 0 Å². The van der Waals surface area contributed by atoms with E-state index in [1.807, 2.05) is 6.07 Å². The number of halogens is 2. The first-order valence-electron chi connectivity index (χ1n) is 4.32. The van der Waals surface area contributed by atoms with Crippen molar-refractivity contribution < 1.29 is 4.39 Å². The van der Waals surface area contributed by atoms with Crippen molar-refractivity contribution in [2.24, 2.45) is 0 Å². The van der Waals surface area contributed by atoms with E-state index in [9.17, 15) is 4.39 Å². The second kappa shape index (κ2) is 2.95. The van der Waals surface area contributed by atoms with E-state index in [-0.39, 0.29) is 0 Å². The zero-order valence-corrected chi connectivity index (χ0v) is 8.69. The van der Waals surface area contributed by atoms with E-state index in [1.165, 1.54) is 13.8 Å². The first-order chi connectivity index (χ1) is 6.48. The van der Waals surface area contributed by atoms with Crippen molar-refractivity contribution in [2.45, 2.75) is 19.5 Å². The Hall–Kier alpha value is -1.09. The fourth-order valence-electron chi connectivity index (χ4n) is 1.28. The Labute approximate surface area is 86.1 Å². The van der Waals surface area contributed by atoms with Gasteiger partial charge in [-0.1, -0.05) is 17.7 Å². The molecule has 0 fully saturated rings. The third kappa shape index (κ3) is 1.48. The summed E-state index contributed by atoms with van der Waals surface area (Å²) in [6, 6.07) is 5.36. The Morgan fingerprint density at radius 3 is 2.71 bits per heavy atom. The molecule has 0 amide bonds. The molecule has 0 aliphatic carbocycles. The molecule has 1 aromatic carbocycles. The van der Waals surface area contributed by atoms with Gasteiger partial charge < -0.3 is 4.98 Å². The number of imidazole rings is 1. The third-order valence-electron chi connectivity index (χ3n) is 2.03. The Morgan fingerprint density at radius 1 is 1.43 bits per heavy atom. The van der Waals surface area contributed by atoms with E-state index in [0.29, 0.717) is 16.4 Å². The molecular formula is C10H10ClFN2. The highest BCUT2D eigenvalue weighted by Crippen LogP contribution is 2.27. The summed E-state index contributed by atoms with van der Waals surface area (Å²) in [4.78, 5) is 7.03. The number of rotatable bonds is 1. The molecule has 0 bridgehead atoms. The normalized spacial score (nSPS) is 12.3. The second-order valence-corrected chi connectivity index (χ2v) is 4.10. The van der Waals surface area contributed by atoms with Gasteiger partial charge in [-0.25, -0.2) is 9.37 Å². The third-order valence-corrected chi connectivity index (χ3v) is 2.33. The van der Waals surface area contributed by atoms with E-state index >= 15 is 0 Å². The van der Waals surface area contributed by atoms with Crippen molar-refractivity contribution in [2.75, 3.05) is 0 Å². The van der Waals surface area contributed by atoms with Crippen LogP contribution in [0.5, 0.6) is 0 Å². The van der Waals surface area contributed by atoms with E-state index in [1.54, 1.807) is 12.1 Å². The van der Waals surface area contributed by atoms with Crippen molar-refractivity contribution in [3.8, 4) is 0 Å². The summed E-state index contributed by atoms with van der Waals surface area (Å²) in [6.45, 7) is 2.91. The molecule has 74 valence electrons. The lowest BCUT2D eigenvalue weighted by atomic mass is 10.2. The number of hydrogen-bond acceptors (Lipinski definition) is 1. The fraction of sp³-hybridized carbons (Fsp3) is 0.300. The quantitative estimate of drug-likeness (QED) is 0.771. The van der Waals surface area contributed by atoms with Crippen molar-refractivity contribution in [3.05, 3.63) is 29.0 Å². The molecule has 2 nitrogen and oxygen atoms in total. The number of H-pyrrole nitrogens is 1. The highest BCUT2D eigenvalue weighted by atomic mass is 35.5. The van der Waals surface area contributed by atoms with Crippen LogP contribution in [0.2, 0.25) is 5.02 Å². The molecule has 0 aliphatic rings. The zero-order chi connectivity index (χ0) is 10.3. The lowest BCUT2D eigenvalue weighted by molar-refractivity contribution is 0.208. The van der Waals surface area contributed by atoms with Gasteiger partial charge >= 0.3 is 0 Å². The molecule has 1 heterocycles. The van der Waals surface area contributed by atoms with E-state index in [2.05, 4.69) is 9.97 Å². The van der Waals surface area contributed by atoms with Crippen LogP contribution < -0.4 is 0 Å². The number of benzene rings is 1. The van der Waals surface area contributed by atoms with Gasteiger partial charge in [-0.2, -0.15) is 0 Å². The van der Waals surface area contributed by atoms with Crippen LogP contribution in [0.15, 0.2) is 18.2 Å². The zero-order valence-electron chi connectivity index (χ0n) is 7.94. The van der Waals surface area contributed by atoms with Gasteiger partial charge in [0.1, 0.15) is 11.3 Å². The van der Waals surface area contributed by atoms with Gasteiger partial charge in [0, 0.05) is 0 Å². The Kier molecular flexibility index (Phi) is 2.00. The van der Waals surface area contributed by atoms with Gasteiger partial charge in [0.2, 0.25) is 0 Å². The standard InChI is InChI=1S/C10H10ClFN2/c1-10(2,12)9-13-7-5-3-4-6(11)8(7)14-9/h3-5H,1-2H3,(H,13,14). The van der Waals surface area contributed by atoms with Crippen LogP contribution >= 0.6 is 11.6 Å². The Balaban J connectivity index is 2.69. The largest absolute Gasteiger partial charge is 0.339 e. The molecule has 2 aromatic rings. The lowest BCUT2D eigenvalue weighted by Gasteiger charge is -2.08. The van der Waals surface area contributed by atoms with E-state index in [0.717, 1.165) is 5.52 Å². The summed E-state index contributed by atoms with van der Waals surface area (Å²) in [7, 11) is 0. The van der Waals surface area contributed by atoms with E-state index < -0.39 is 5.67 Å². The maximum absolute atomic E-state index is 13.6. The molecule has 0 atom stereocenters. The van der Waals surface area contributed by atoms with Crippen LogP contribution in [0.25, 0.3) is 11.0 Å². The summed E-state index contributed by atoms with van der Waals surface area (Å²) in [5.41, 5.74) is -0.0874. The minimum Gasteiger partial charge on any atom is -0.339 e. The molecule has 0 saturated carbocycles. The molecule has 1 aromatic heterocycles. The fourth-order valence-corrected chi connectivity index (χ4v) is 1.50. The molecule has 4 heteroatoms. The minimum atomic E-state index is -1.47. The SMILES string of the molecule is CC(C)(F)c1nc2c(Cl)cccc2[nH]1. The Bertz CT molecular complexity index is 470. The summed E-state index contributed by atoms with van der Waals surface area (Å²) in [6.07, 6.45) is 0. The first-order valence-corrected chi connectivity index (χ1v) is 4.70. The number of alkyl halides is 1. The van der Waals surface area contributed by atoms with Gasteiger partial charge in [-0.3, -0.25) is 0 Å². The number of fused-ring (bicyclic) bond motifs is 1. The molecule has 1 N–H and O–H groups in total. The Morgan fingerprint density at radius 2 is 2.14 bits per heavy atom. The number of hydrogen-bond donors (Lipinski definition) is 1. The first kappa shape index (κ1) is 9.46. The van der Waals surface area contributed by atoms with Gasteiger partial charge in [0.15, 0.2) is 5.67 Å². The smallest absolute Gasteiger partial charge is 0.162 e. The average molecular weight is 213 g/mol. The molecule has 2 rings (SSSR count). The predicted octanol–water partition coefficient (Wildman–Crippen LogP) is 3.42. The van der Waals surface area contributed by atoms with Crippen LogP contribution in [-0.2, 0) is 5.67 Å². The van der Waals surface area contributed by atoms with Crippen molar-refractivity contribution >= 4 is 22.6 Å². The van der Waals surface area contributed by atoms with Crippen LogP contribution in [-0.4, -0.2) is 9.97 Å². The number of aromatic nitrogens is 2. The van der Waals surface area contributed by atoms with E-state index in [4.69, 9.17) is 11.6 Å². The molecule has 0 unspecified atom stereocenters. The molecular weight excluding hydrogens is 203 g/mol. The summed E-state index contributed by atoms with van der Waals surface area (Å²) in [5.74, 6) is 0.306. The van der Waals surface area contributed by atoms with Gasteiger partial charge in [0.05, 0.1) is 10.5 Å². The van der Waals surface area contributed by atoms with Gasteiger partial charge in [0.25, 0.3) is 0 Å². The lowest BCUT2D eigenvalue weighted by Crippen LogP contribution is -2.10. The van der Waals surface area contributed by atoms with Crippen LogP contribution in [0.4, 0.5) is 4.39 Å². The summed E-state index contributed by atoms with van der Waals surface area (Å²) in [5, 5.41) is 0.536. The number of para-hydroxylation sites is 1. The molecule has 0 radical (unpaired) electrons. The molecule has 0 saturated heterocycles. The predicted molar refractivity (Wildman–Crippen MR) is 55.2 cm³/mol. The van der Waals surface area contributed by atoms with Gasteiger partial charge in [-0.15, -0.1) is 0 Å². The number of nitrogens with one attached hydrogen (secondary N) is 1. The highest BCUT2D eigenvalue weighted by Gasteiger charge is 2.23. The molecule has 14 heavy (non-hydrogen) atoms. The second-order valence-electron chi connectivity index (χ2n) is 3.69. The highest BCUT2D eigenvalue weighted by molar-refractivity contribution is 6.34. The van der Waals surface area contributed by atoms with Crippen LogP contribution in [0.3, 0.4) is 0 Å². The number of nitrogens with zero attached hydrogens (tertiary/aromatic N) is 1. The molecule has 0 spiro atoms. The topological polar surface area (TPSA) is 28.7 Å². The van der Waals surface area contributed by atoms with Crippen molar-refractivity contribution in [1.82, 2.24) is 9.97 Å². The minimum absolute atomic E-state index is 0.306. The summed E-state index contributed by atoms with van der Waals surface area (Å²) < 4.78 is 13.6. The van der Waals surface area contributed by atoms with Crippen molar-refractivity contribution in [1.29, 1.82) is 0 Å². The maximum Gasteiger partial charge on any atom is 0.162 e. The average Bonchev–Trinajstić information content (AvgIpc) is 2.48. The molecule has 0 aliphatic heterocycles. The monoisotopic (exact) mass is 212 g/mol. The maximum atomic E-state index is 13.6. The summed E-state index contributed by atoms with van der Waals surface area (Å²) >= 11 is 5.92. The van der Waals surface area contributed by atoms with Crippen molar-refractivity contribution in [3.63, 3.8) is 0 Å². The van der Waals surface area contributed by atoms with Gasteiger partial charge in [-0.05, 0) is 26.0 Å². The number of aromatic amines is 1.